The molecular weight excluding hydrogens is 392 g/mol. The number of allylic oxidation sites excluding steroid dienone is 1. The molecule has 138 valence electrons. The summed E-state index contributed by atoms with van der Waals surface area (Å²) in [6.07, 6.45) is 5.94. The Bertz CT molecular complexity index is 776. The van der Waals surface area contributed by atoms with E-state index in [9.17, 15) is 4.79 Å². The molecule has 1 aromatic carbocycles. The molecule has 1 saturated heterocycles. The second kappa shape index (κ2) is 6.52. The highest BCUT2D eigenvalue weighted by molar-refractivity contribution is 9.10. The van der Waals surface area contributed by atoms with Crippen LogP contribution in [0.1, 0.15) is 52.0 Å². The van der Waals surface area contributed by atoms with Crippen molar-refractivity contribution in [1.82, 2.24) is 4.90 Å². The summed E-state index contributed by atoms with van der Waals surface area (Å²) < 4.78 is 6.77. The van der Waals surface area contributed by atoms with Crippen molar-refractivity contribution in [2.75, 3.05) is 0 Å². The van der Waals surface area contributed by atoms with Crippen LogP contribution in [-0.4, -0.2) is 34.4 Å². The number of carbonyl (C=O) groups excluding carboxylic acids is 1. The van der Waals surface area contributed by atoms with Crippen molar-refractivity contribution in [1.29, 1.82) is 0 Å². The zero-order valence-corrected chi connectivity index (χ0v) is 17.1. The van der Waals surface area contributed by atoms with E-state index in [1.165, 1.54) is 17.6 Å². The quantitative estimate of drug-likeness (QED) is 0.645. The lowest BCUT2D eigenvalue weighted by molar-refractivity contribution is 0.0142. The highest BCUT2D eigenvalue weighted by atomic mass is 79.9. The Morgan fingerprint density at radius 1 is 1.23 bits per heavy atom. The first-order valence-electron chi connectivity index (χ1n) is 9.35. The monoisotopic (exact) mass is 416 g/mol. The third kappa shape index (κ3) is 3.34. The number of hydrogen-bond acceptors (Lipinski definition) is 3. The van der Waals surface area contributed by atoms with E-state index in [1.54, 1.807) is 0 Å². The van der Waals surface area contributed by atoms with E-state index in [2.05, 4.69) is 40.2 Å². The second-order valence-corrected chi connectivity index (χ2v) is 9.43. The number of halogens is 1. The van der Waals surface area contributed by atoms with Crippen LogP contribution in [0.3, 0.4) is 0 Å². The van der Waals surface area contributed by atoms with Crippen molar-refractivity contribution in [2.24, 2.45) is 10.9 Å². The third-order valence-electron chi connectivity index (χ3n) is 5.50. The molecule has 5 heteroatoms. The maximum absolute atomic E-state index is 12.8. The van der Waals surface area contributed by atoms with Gasteiger partial charge >= 0.3 is 6.09 Å². The molecule has 3 aliphatic rings. The minimum absolute atomic E-state index is 0.0906. The summed E-state index contributed by atoms with van der Waals surface area (Å²) in [6.45, 7) is 5.78. The van der Waals surface area contributed by atoms with E-state index in [0.29, 0.717) is 12.0 Å². The normalized spacial score (nSPS) is 27.5. The Hall–Kier alpha value is -1.62. The maximum Gasteiger partial charge on any atom is 0.411 e. The van der Waals surface area contributed by atoms with E-state index in [-0.39, 0.29) is 12.1 Å². The summed E-state index contributed by atoms with van der Waals surface area (Å²) in [5.74, 6) is 0.518. The zero-order valence-electron chi connectivity index (χ0n) is 15.5. The van der Waals surface area contributed by atoms with Gasteiger partial charge in [-0.3, -0.25) is 9.89 Å². The van der Waals surface area contributed by atoms with Crippen molar-refractivity contribution in [2.45, 2.75) is 64.1 Å². The first-order chi connectivity index (χ1) is 12.3. The van der Waals surface area contributed by atoms with Crippen LogP contribution in [0.5, 0.6) is 0 Å². The molecule has 1 amide bonds. The smallest absolute Gasteiger partial charge is 0.411 e. The standard InChI is InChI=1S/C21H25BrN2O2/c1-21(2,3)26-20(25)24-17-9-6-14(10-17)19(24)18-11-15(12-23-18)13-4-7-16(22)8-5-13/h4-5,7-8,12,14,17,19H,6,9-11H2,1-3H3/t14-,17+,19-/m0/s1. The van der Waals surface area contributed by atoms with Gasteiger partial charge in [0.05, 0.1) is 6.04 Å². The van der Waals surface area contributed by atoms with Gasteiger partial charge in [-0.05, 0) is 69.2 Å². The summed E-state index contributed by atoms with van der Waals surface area (Å²) in [7, 11) is 0. The second-order valence-electron chi connectivity index (χ2n) is 8.52. The molecule has 2 bridgehead atoms. The van der Waals surface area contributed by atoms with Crippen molar-refractivity contribution >= 4 is 33.3 Å². The lowest BCUT2D eigenvalue weighted by Gasteiger charge is -2.36. The molecule has 4 nitrogen and oxygen atoms in total. The molecule has 3 atom stereocenters. The fourth-order valence-electron chi connectivity index (χ4n) is 4.46. The largest absolute Gasteiger partial charge is 0.444 e. The van der Waals surface area contributed by atoms with Crippen LogP contribution in [0.15, 0.2) is 39.9 Å². The number of ether oxygens (including phenoxy) is 1. The number of fused-ring (bicyclic) bond motifs is 2. The Balaban J connectivity index is 1.51. The first-order valence-corrected chi connectivity index (χ1v) is 10.1. The van der Waals surface area contributed by atoms with Gasteiger partial charge in [0.25, 0.3) is 0 Å². The molecule has 26 heavy (non-hydrogen) atoms. The van der Waals surface area contributed by atoms with Crippen molar-refractivity contribution in [3.63, 3.8) is 0 Å². The molecule has 2 heterocycles. The molecule has 0 aromatic heterocycles. The highest BCUT2D eigenvalue weighted by Gasteiger charge is 2.51. The summed E-state index contributed by atoms with van der Waals surface area (Å²) in [6, 6.07) is 8.73. The van der Waals surface area contributed by atoms with Gasteiger partial charge in [0.15, 0.2) is 0 Å². The molecule has 1 saturated carbocycles. The van der Waals surface area contributed by atoms with Crippen LogP contribution >= 0.6 is 15.9 Å². The molecule has 0 N–H and O–H groups in total. The number of rotatable bonds is 2. The number of likely N-dealkylation sites (tertiary alicyclic amines) is 1. The van der Waals surface area contributed by atoms with Gasteiger partial charge in [0.2, 0.25) is 0 Å². The Morgan fingerprint density at radius 2 is 1.96 bits per heavy atom. The number of benzene rings is 1. The Kier molecular flexibility index (Phi) is 4.46. The van der Waals surface area contributed by atoms with E-state index in [0.717, 1.165) is 29.4 Å². The van der Waals surface area contributed by atoms with Crippen molar-refractivity contribution < 1.29 is 9.53 Å². The number of piperidine rings is 1. The molecule has 1 aromatic rings. The van der Waals surface area contributed by atoms with Gasteiger partial charge in [0, 0.05) is 28.8 Å². The van der Waals surface area contributed by atoms with E-state index < -0.39 is 5.60 Å². The lowest BCUT2D eigenvalue weighted by atomic mass is 9.91. The van der Waals surface area contributed by atoms with Gasteiger partial charge < -0.3 is 4.74 Å². The molecular formula is C21H25BrN2O2. The van der Waals surface area contributed by atoms with Gasteiger partial charge in [-0.1, -0.05) is 28.1 Å². The lowest BCUT2D eigenvalue weighted by Crippen LogP contribution is -2.50. The van der Waals surface area contributed by atoms with Gasteiger partial charge in [-0.25, -0.2) is 4.79 Å². The molecule has 4 rings (SSSR count). The molecule has 2 fully saturated rings. The van der Waals surface area contributed by atoms with Crippen LogP contribution in [-0.2, 0) is 4.74 Å². The SMILES string of the molecule is CC(C)(C)OC(=O)N1[C@@H]2CC[C@@H](C2)[C@H]1C1=NC=C(c2ccc(Br)cc2)C1. The number of hydrogen-bond donors (Lipinski definition) is 0. The average molecular weight is 417 g/mol. The summed E-state index contributed by atoms with van der Waals surface area (Å²) >= 11 is 3.48. The van der Waals surface area contributed by atoms with E-state index in [4.69, 9.17) is 9.73 Å². The van der Waals surface area contributed by atoms with E-state index in [1.807, 2.05) is 31.9 Å². The Morgan fingerprint density at radius 3 is 2.65 bits per heavy atom. The molecule has 0 spiro atoms. The molecule has 0 radical (unpaired) electrons. The maximum atomic E-state index is 12.8. The van der Waals surface area contributed by atoms with Crippen LogP contribution in [0.25, 0.3) is 5.57 Å². The summed E-state index contributed by atoms with van der Waals surface area (Å²) in [5, 5.41) is 0. The highest BCUT2D eigenvalue weighted by Crippen LogP contribution is 2.45. The predicted octanol–water partition coefficient (Wildman–Crippen LogP) is 5.42. The minimum Gasteiger partial charge on any atom is -0.444 e. The van der Waals surface area contributed by atoms with Crippen molar-refractivity contribution in [3.05, 3.63) is 40.5 Å². The fourth-order valence-corrected chi connectivity index (χ4v) is 4.73. The van der Waals surface area contributed by atoms with E-state index >= 15 is 0 Å². The number of amides is 1. The molecule has 0 unspecified atom stereocenters. The van der Waals surface area contributed by atoms with Gasteiger partial charge in [-0.15, -0.1) is 0 Å². The van der Waals surface area contributed by atoms with Crippen LogP contribution in [0, 0.1) is 5.92 Å². The topological polar surface area (TPSA) is 41.9 Å². The summed E-state index contributed by atoms with van der Waals surface area (Å²) in [5.41, 5.74) is 3.06. The van der Waals surface area contributed by atoms with Gasteiger partial charge in [0.1, 0.15) is 5.60 Å². The fraction of sp³-hybridized carbons (Fsp3) is 0.524. The number of carbonyl (C=O) groups is 1. The van der Waals surface area contributed by atoms with Crippen molar-refractivity contribution in [3.8, 4) is 0 Å². The third-order valence-corrected chi connectivity index (χ3v) is 6.03. The van der Waals surface area contributed by atoms with Crippen LogP contribution < -0.4 is 0 Å². The summed E-state index contributed by atoms with van der Waals surface area (Å²) in [4.78, 5) is 19.6. The zero-order chi connectivity index (χ0) is 18.5. The molecule has 2 aliphatic heterocycles. The van der Waals surface area contributed by atoms with Crippen LogP contribution in [0.4, 0.5) is 4.79 Å². The minimum atomic E-state index is -0.470. The predicted molar refractivity (Wildman–Crippen MR) is 107 cm³/mol. The average Bonchev–Trinajstić information content (AvgIpc) is 3.28. The number of nitrogens with zero attached hydrogens (tertiary/aromatic N) is 2. The Labute approximate surface area is 163 Å². The van der Waals surface area contributed by atoms with Gasteiger partial charge in [-0.2, -0.15) is 0 Å². The number of aliphatic imine (C=N–C) groups is 1. The van der Waals surface area contributed by atoms with Crippen LogP contribution in [0.2, 0.25) is 0 Å². The molecule has 1 aliphatic carbocycles. The first kappa shape index (κ1) is 17.8.